The minimum atomic E-state index is -0.579. The van der Waals surface area contributed by atoms with Crippen LogP contribution in [-0.2, 0) is 9.59 Å². The highest BCUT2D eigenvalue weighted by atomic mass is 19.1. The summed E-state index contributed by atoms with van der Waals surface area (Å²) in [6, 6.07) is 13.5. The fourth-order valence-corrected chi connectivity index (χ4v) is 4.78. The number of benzene rings is 2. The van der Waals surface area contributed by atoms with E-state index in [0.29, 0.717) is 34.1 Å². The number of amides is 2. The highest BCUT2D eigenvalue weighted by Gasteiger charge is 2.35. The molecule has 0 aliphatic carbocycles. The number of aromatic nitrogens is 6. The highest BCUT2D eigenvalue weighted by Crippen LogP contribution is 2.28. The van der Waals surface area contributed by atoms with Crippen LogP contribution in [0.1, 0.15) is 23.2 Å². The number of carbonyl (C=O) groups excluding carboxylic acids is 2. The van der Waals surface area contributed by atoms with Crippen LogP contribution in [0.4, 0.5) is 15.9 Å². The van der Waals surface area contributed by atoms with Crippen LogP contribution in [0.25, 0.3) is 22.5 Å². The molecule has 1 atom stereocenters. The standard InChI is InChI=1S/C28H25FN8O2/c1-16-4-7-22(10-17(16)2)36-26-23(13-32-36)27(31-15-30-26)37-24(11-18(3)34-37)33-28(39)19-12-25(38)35(14-19)21-8-5-20(29)6-9-21/h4-11,13,15,19H,12,14H2,1-3H3,(H,33,39). The van der Waals surface area contributed by atoms with E-state index >= 15 is 0 Å². The Kier molecular flexibility index (Phi) is 5.90. The molecule has 1 N–H and O–H groups in total. The van der Waals surface area contributed by atoms with Crippen LogP contribution in [0, 0.1) is 32.5 Å². The molecule has 10 nitrogen and oxygen atoms in total. The van der Waals surface area contributed by atoms with E-state index in [4.69, 9.17) is 0 Å². The third-order valence-electron chi connectivity index (χ3n) is 7.00. The van der Waals surface area contributed by atoms with Gasteiger partial charge >= 0.3 is 0 Å². The molecule has 1 aliphatic heterocycles. The van der Waals surface area contributed by atoms with Crippen molar-refractivity contribution in [2.45, 2.75) is 27.2 Å². The normalized spacial score (nSPS) is 15.3. The number of fused-ring (bicyclic) bond motifs is 1. The monoisotopic (exact) mass is 524 g/mol. The molecule has 39 heavy (non-hydrogen) atoms. The molecular formula is C28H25FN8O2. The van der Waals surface area contributed by atoms with Crippen LogP contribution in [0.5, 0.6) is 0 Å². The van der Waals surface area contributed by atoms with E-state index in [0.717, 1.165) is 11.3 Å². The molecule has 1 fully saturated rings. The number of nitrogens with one attached hydrogen (secondary N) is 1. The van der Waals surface area contributed by atoms with E-state index in [1.54, 1.807) is 21.6 Å². The second kappa shape index (κ2) is 9.43. The van der Waals surface area contributed by atoms with Crippen molar-refractivity contribution < 1.29 is 14.0 Å². The number of aryl methyl sites for hydroxylation is 3. The Morgan fingerprint density at radius 1 is 0.974 bits per heavy atom. The molecule has 1 aliphatic rings. The topological polar surface area (TPSA) is 111 Å². The predicted molar refractivity (Wildman–Crippen MR) is 143 cm³/mol. The van der Waals surface area contributed by atoms with E-state index in [-0.39, 0.29) is 30.6 Å². The average Bonchev–Trinajstić information content (AvgIpc) is 3.62. The zero-order valence-electron chi connectivity index (χ0n) is 21.6. The number of halogens is 1. The maximum Gasteiger partial charge on any atom is 0.230 e. The zero-order valence-corrected chi connectivity index (χ0v) is 21.6. The highest BCUT2D eigenvalue weighted by molar-refractivity contribution is 6.03. The molecule has 0 saturated carbocycles. The predicted octanol–water partition coefficient (Wildman–Crippen LogP) is 4.06. The average molecular weight is 525 g/mol. The summed E-state index contributed by atoms with van der Waals surface area (Å²) < 4.78 is 16.6. The summed E-state index contributed by atoms with van der Waals surface area (Å²) in [5, 5.41) is 12.7. The van der Waals surface area contributed by atoms with Crippen molar-refractivity contribution in [1.82, 2.24) is 29.5 Å². The summed E-state index contributed by atoms with van der Waals surface area (Å²) in [6.07, 6.45) is 3.17. The molecule has 0 radical (unpaired) electrons. The summed E-state index contributed by atoms with van der Waals surface area (Å²) in [5.41, 5.74) is 5.03. The van der Waals surface area contributed by atoms with Gasteiger partial charge in [0.1, 0.15) is 18.0 Å². The SMILES string of the molecule is Cc1cc(NC(=O)C2CC(=O)N(c3ccc(F)cc3)C2)n(-c2ncnc3c2cnn3-c2ccc(C)c(C)c2)n1. The lowest BCUT2D eigenvalue weighted by atomic mass is 10.1. The molecule has 196 valence electrons. The van der Waals surface area contributed by atoms with E-state index < -0.39 is 5.92 Å². The second-order valence-corrected chi connectivity index (χ2v) is 9.71. The van der Waals surface area contributed by atoms with Gasteiger partial charge in [-0.15, -0.1) is 0 Å². The van der Waals surface area contributed by atoms with Gasteiger partial charge in [-0.05, 0) is 68.3 Å². The molecule has 2 amide bonds. The van der Waals surface area contributed by atoms with Gasteiger partial charge in [0.05, 0.1) is 28.9 Å². The molecule has 6 rings (SSSR count). The lowest BCUT2D eigenvalue weighted by Gasteiger charge is -2.16. The summed E-state index contributed by atoms with van der Waals surface area (Å²) in [7, 11) is 0. The van der Waals surface area contributed by atoms with Gasteiger partial charge < -0.3 is 10.2 Å². The Morgan fingerprint density at radius 3 is 2.51 bits per heavy atom. The van der Waals surface area contributed by atoms with Gasteiger partial charge in [0.25, 0.3) is 0 Å². The van der Waals surface area contributed by atoms with Gasteiger partial charge in [-0.25, -0.2) is 19.0 Å². The number of hydrogen-bond donors (Lipinski definition) is 1. The lowest BCUT2D eigenvalue weighted by molar-refractivity contribution is -0.122. The van der Waals surface area contributed by atoms with Crippen LogP contribution in [-0.4, -0.2) is 47.9 Å². The number of anilines is 2. The van der Waals surface area contributed by atoms with E-state index in [2.05, 4.69) is 32.4 Å². The third-order valence-corrected chi connectivity index (χ3v) is 7.00. The first-order chi connectivity index (χ1) is 18.8. The molecule has 4 heterocycles. The van der Waals surface area contributed by atoms with Crippen molar-refractivity contribution in [3.8, 4) is 11.5 Å². The summed E-state index contributed by atoms with van der Waals surface area (Å²) in [6.45, 7) is 6.11. The molecule has 1 unspecified atom stereocenters. The number of rotatable bonds is 5. The van der Waals surface area contributed by atoms with Crippen LogP contribution < -0.4 is 10.2 Å². The van der Waals surface area contributed by atoms with E-state index in [9.17, 15) is 14.0 Å². The molecule has 5 aromatic rings. The Bertz CT molecular complexity index is 1740. The van der Waals surface area contributed by atoms with Crippen molar-refractivity contribution in [2.75, 3.05) is 16.8 Å². The van der Waals surface area contributed by atoms with Gasteiger partial charge in [0, 0.05) is 24.7 Å². The molecule has 3 aromatic heterocycles. The Hall–Kier alpha value is -4.93. The molecule has 11 heteroatoms. The van der Waals surface area contributed by atoms with Crippen LogP contribution in [0.3, 0.4) is 0 Å². The van der Waals surface area contributed by atoms with Gasteiger partial charge in [0.15, 0.2) is 11.5 Å². The van der Waals surface area contributed by atoms with Gasteiger partial charge in [-0.2, -0.15) is 14.9 Å². The first-order valence-corrected chi connectivity index (χ1v) is 12.5. The van der Waals surface area contributed by atoms with Crippen LogP contribution in [0.15, 0.2) is 61.1 Å². The molecule has 1 saturated heterocycles. The third kappa shape index (κ3) is 4.41. The van der Waals surface area contributed by atoms with Gasteiger partial charge in [-0.3, -0.25) is 9.59 Å². The molecule has 2 aromatic carbocycles. The van der Waals surface area contributed by atoms with Crippen LogP contribution >= 0.6 is 0 Å². The van der Waals surface area contributed by atoms with Crippen molar-refractivity contribution in [3.63, 3.8) is 0 Å². The molecule has 0 bridgehead atoms. The molecule has 0 spiro atoms. The first-order valence-electron chi connectivity index (χ1n) is 12.5. The minimum Gasteiger partial charge on any atom is -0.312 e. The lowest BCUT2D eigenvalue weighted by Crippen LogP contribution is -2.28. The largest absolute Gasteiger partial charge is 0.312 e. The van der Waals surface area contributed by atoms with Crippen molar-refractivity contribution >= 4 is 34.4 Å². The quantitative estimate of drug-likeness (QED) is 0.371. The summed E-state index contributed by atoms with van der Waals surface area (Å²) in [5.74, 6) is -0.586. The zero-order chi connectivity index (χ0) is 27.3. The number of carbonyl (C=O) groups is 2. The Labute approximate surface area is 223 Å². The van der Waals surface area contributed by atoms with Crippen molar-refractivity contribution in [1.29, 1.82) is 0 Å². The fraction of sp³-hybridized carbons (Fsp3) is 0.214. The summed E-state index contributed by atoms with van der Waals surface area (Å²) in [4.78, 5) is 36.3. The second-order valence-electron chi connectivity index (χ2n) is 9.71. The number of nitrogens with zero attached hydrogens (tertiary/aromatic N) is 7. The van der Waals surface area contributed by atoms with Gasteiger partial charge in [-0.1, -0.05) is 6.07 Å². The van der Waals surface area contributed by atoms with Crippen molar-refractivity contribution in [3.05, 3.63) is 83.7 Å². The van der Waals surface area contributed by atoms with Crippen LogP contribution in [0.2, 0.25) is 0 Å². The van der Waals surface area contributed by atoms with E-state index in [1.165, 1.54) is 41.1 Å². The first kappa shape index (κ1) is 24.4. The Balaban J connectivity index is 1.29. The maximum atomic E-state index is 13.3. The summed E-state index contributed by atoms with van der Waals surface area (Å²) >= 11 is 0. The maximum absolute atomic E-state index is 13.3. The Morgan fingerprint density at radius 2 is 1.74 bits per heavy atom. The minimum absolute atomic E-state index is 0.0524. The van der Waals surface area contributed by atoms with E-state index in [1.807, 2.05) is 32.0 Å². The molecular weight excluding hydrogens is 499 g/mol. The number of hydrogen-bond acceptors (Lipinski definition) is 6. The smallest absolute Gasteiger partial charge is 0.230 e. The van der Waals surface area contributed by atoms with Crippen molar-refractivity contribution in [2.24, 2.45) is 5.92 Å². The fourth-order valence-electron chi connectivity index (χ4n) is 4.78. The van der Waals surface area contributed by atoms with Gasteiger partial charge in [0.2, 0.25) is 11.8 Å².